The van der Waals surface area contributed by atoms with Gasteiger partial charge in [-0.05, 0) is 17.7 Å². The van der Waals surface area contributed by atoms with Crippen molar-refractivity contribution < 1.29 is 14.4 Å². The van der Waals surface area contributed by atoms with Gasteiger partial charge in [0.2, 0.25) is 5.89 Å². The van der Waals surface area contributed by atoms with Crippen LogP contribution in [-0.2, 0) is 12.1 Å². The zero-order valence-electron chi connectivity index (χ0n) is 11.9. The van der Waals surface area contributed by atoms with Crippen molar-refractivity contribution in [1.29, 1.82) is 0 Å². The first-order valence-electron chi connectivity index (χ1n) is 6.77. The van der Waals surface area contributed by atoms with Crippen molar-refractivity contribution in [2.45, 2.75) is 19.1 Å². The third-order valence-electron chi connectivity index (χ3n) is 3.52. The van der Waals surface area contributed by atoms with Gasteiger partial charge in [0, 0.05) is 11.4 Å². The zero-order valence-corrected chi connectivity index (χ0v) is 13.5. The Morgan fingerprint density at radius 3 is 2.95 bits per heavy atom. The predicted molar refractivity (Wildman–Crippen MR) is 80.9 cm³/mol. The Bertz CT molecular complexity index is 697. The summed E-state index contributed by atoms with van der Waals surface area (Å²) in [4.78, 5) is 17.5. The average molecular weight is 367 g/mol. The molecule has 1 fully saturated rings. The number of amides is 2. The molecule has 2 heterocycles. The number of aromatic nitrogens is 2. The number of urea groups is 1. The van der Waals surface area contributed by atoms with Crippen LogP contribution < -0.4 is 5.32 Å². The Balaban J connectivity index is 1.55. The molecular formula is C14H15BrN4O3. The first-order chi connectivity index (χ1) is 10.5. The minimum atomic E-state index is -0.996. The van der Waals surface area contributed by atoms with E-state index in [-0.39, 0.29) is 25.7 Å². The molecule has 2 aromatic rings. The molecular weight excluding hydrogens is 352 g/mol. The molecule has 0 saturated carbocycles. The molecule has 2 N–H and O–H groups in total. The molecule has 3 rings (SSSR count). The summed E-state index contributed by atoms with van der Waals surface area (Å²) >= 11 is 3.38. The SMILES string of the molecule is Cc1nc(CNC(=O)N2CC(O)(c3cccc(Br)c3)C2)no1. The van der Waals surface area contributed by atoms with E-state index in [1.807, 2.05) is 24.3 Å². The number of hydrogen-bond donors (Lipinski definition) is 2. The highest BCUT2D eigenvalue weighted by atomic mass is 79.9. The monoisotopic (exact) mass is 366 g/mol. The second kappa shape index (κ2) is 5.69. The van der Waals surface area contributed by atoms with Crippen LogP contribution in [0.4, 0.5) is 4.79 Å². The van der Waals surface area contributed by atoms with E-state index in [1.165, 1.54) is 4.90 Å². The van der Waals surface area contributed by atoms with E-state index in [0.717, 1.165) is 10.0 Å². The highest BCUT2D eigenvalue weighted by Gasteiger charge is 2.45. The van der Waals surface area contributed by atoms with E-state index in [4.69, 9.17) is 4.52 Å². The van der Waals surface area contributed by atoms with Gasteiger partial charge in [-0.25, -0.2) is 4.79 Å². The number of aliphatic hydroxyl groups is 1. The molecule has 1 aliphatic rings. The number of hydrogen-bond acceptors (Lipinski definition) is 5. The average Bonchev–Trinajstić information content (AvgIpc) is 2.87. The van der Waals surface area contributed by atoms with E-state index in [0.29, 0.717) is 11.7 Å². The maximum atomic E-state index is 12.0. The van der Waals surface area contributed by atoms with E-state index in [1.54, 1.807) is 6.92 Å². The Kier molecular flexibility index (Phi) is 3.88. The molecule has 1 aliphatic heterocycles. The number of carbonyl (C=O) groups is 1. The van der Waals surface area contributed by atoms with Gasteiger partial charge in [-0.1, -0.05) is 33.2 Å². The Morgan fingerprint density at radius 1 is 1.55 bits per heavy atom. The molecule has 8 heteroatoms. The molecule has 2 amide bonds. The van der Waals surface area contributed by atoms with E-state index < -0.39 is 5.60 Å². The molecule has 0 unspecified atom stereocenters. The number of nitrogens with zero attached hydrogens (tertiary/aromatic N) is 3. The fraction of sp³-hybridized carbons (Fsp3) is 0.357. The Hall–Kier alpha value is -1.93. The Labute approximate surface area is 135 Å². The normalized spacial score (nSPS) is 16.2. The minimum Gasteiger partial charge on any atom is -0.381 e. The van der Waals surface area contributed by atoms with Gasteiger partial charge in [0.1, 0.15) is 5.60 Å². The van der Waals surface area contributed by atoms with E-state index >= 15 is 0 Å². The molecule has 0 atom stereocenters. The quantitative estimate of drug-likeness (QED) is 0.859. The summed E-state index contributed by atoms with van der Waals surface area (Å²) in [6.45, 7) is 2.38. The van der Waals surface area contributed by atoms with Crippen LogP contribution in [0, 0.1) is 6.92 Å². The van der Waals surface area contributed by atoms with Gasteiger partial charge in [-0.15, -0.1) is 0 Å². The first-order valence-corrected chi connectivity index (χ1v) is 7.56. The number of β-amino-alcohol motifs (C(OH)–C–C–N with tert-alkyl or cyclic N) is 1. The molecule has 1 aromatic carbocycles. The number of rotatable bonds is 3. The lowest BCUT2D eigenvalue weighted by atomic mass is 9.86. The third kappa shape index (κ3) is 2.97. The van der Waals surface area contributed by atoms with Gasteiger partial charge in [0.15, 0.2) is 5.82 Å². The summed E-state index contributed by atoms with van der Waals surface area (Å²) < 4.78 is 5.73. The van der Waals surface area contributed by atoms with Crippen molar-refractivity contribution in [3.63, 3.8) is 0 Å². The van der Waals surface area contributed by atoms with Crippen LogP contribution in [-0.4, -0.2) is 39.3 Å². The van der Waals surface area contributed by atoms with Gasteiger partial charge in [-0.3, -0.25) is 0 Å². The van der Waals surface area contributed by atoms with Crippen LogP contribution in [0.1, 0.15) is 17.3 Å². The molecule has 7 nitrogen and oxygen atoms in total. The van der Waals surface area contributed by atoms with Crippen molar-refractivity contribution in [1.82, 2.24) is 20.4 Å². The van der Waals surface area contributed by atoms with E-state index in [2.05, 4.69) is 31.4 Å². The van der Waals surface area contributed by atoms with Crippen molar-refractivity contribution in [2.75, 3.05) is 13.1 Å². The number of halogens is 1. The topological polar surface area (TPSA) is 91.5 Å². The summed E-state index contributed by atoms with van der Waals surface area (Å²) in [7, 11) is 0. The standard InChI is InChI=1S/C14H15BrN4O3/c1-9-17-12(18-22-9)6-16-13(20)19-7-14(21,8-19)10-3-2-4-11(15)5-10/h2-5,21H,6-8H2,1H3,(H,16,20). The largest absolute Gasteiger partial charge is 0.381 e. The molecule has 22 heavy (non-hydrogen) atoms. The number of nitrogens with one attached hydrogen (secondary N) is 1. The maximum absolute atomic E-state index is 12.0. The fourth-order valence-electron chi connectivity index (χ4n) is 2.37. The molecule has 1 aromatic heterocycles. The second-order valence-electron chi connectivity index (χ2n) is 5.29. The van der Waals surface area contributed by atoms with Gasteiger partial charge < -0.3 is 19.8 Å². The minimum absolute atomic E-state index is 0.196. The van der Waals surface area contributed by atoms with Gasteiger partial charge in [0.25, 0.3) is 0 Å². The second-order valence-corrected chi connectivity index (χ2v) is 6.20. The maximum Gasteiger partial charge on any atom is 0.318 e. The predicted octanol–water partition coefficient (Wildman–Crippen LogP) is 1.55. The molecule has 0 spiro atoms. The molecule has 0 radical (unpaired) electrons. The summed E-state index contributed by atoms with van der Waals surface area (Å²) in [6, 6.07) is 7.20. The fourth-order valence-corrected chi connectivity index (χ4v) is 2.77. The number of likely N-dealkylation sites (tertiary alicyclic amines) is 1. The smallest absolute Gasteiger partial charge is 0.318 e. The number of carbonyl (C=O) groups excluding carboxylic acids is 1. The number of aryl methyl sites for hydroxylation is 1. The molecule has 0 aliphatic carbocycles. The van der Waals surface area contributed by atoms with E-state index in [9.17, 15) is 9.90 Å². The van der Waals surface area contributed by atoms with Crippen LogP contribution in [0.5, 0.6) is 0 Å². The lowest BCUT2D eigenvalue weighted by molar-refractivity contribution is -0.0816. The summed E-state index contributed by atoms with van der Waals surface area (Å²) in [5.74, 6) is 0.880. The summed E-state index contributed by atoms with van der Waals surface area (Å²) in [5.41, 5.74) is -0.205. The van der Waals surface area contributed by atoms with Gasteiger partial charge in [0.05, 0.1) is 19.6 Å². The van der Waals surface area contributed by atoms with Crippen LogP contribution in [0.3, 0.4) is 0 Å². The zero-order chi connectivity index (χ0) is 15.7. The highest BCUT2D eigenvalue weighted by molar-refractivity contribution is 9.10. The van der Waals surface area contributed by atoms with Crippen LogP contribution >= 0.6 is 15.9 Å². The van der Waals surface area contributed by atoms with Crippen LogP contribution in [0.2, 0.25) is 0 Å². The summed E-state index contributed by atoms with van der Waals surface area (Å²) in [6.07, 6.45) is 0. The van der Waals surface area contributed by atoms with Crippen LogP contribution in [0.15, 0.2) is 33.3 Å². The Morgan fingerprint density at radius 2 is 2.32 bits per heavy atom. The summed E-state index contributed by atoms with van der Waals surface area (Å²) in [5, 5.41) is 16.9. The highest BCUT2D eigenvalue weighted by Crippen LogP contribution is 2.33. The van der Waals surface area contributed by atoms with Crippen LogP contribution in [0.25, 0.3) is 0 Å². The first kappa shape index (κ1) is 15.0. The van der Waals surface area contributed by atoms with Crippen molar-refractivity contribution >= 4 is 22.0 Å². The third-order valence-corrected chi connectivity index (χ3v) is 4.01. The van der Waals surface area contributed by atoms with Crippen molar-refractivity contribution in [3.05, 3.63) is 46.0 Å². The van der Waals surface area contributed by atoms with Gasteiger partial charge in [-0.2, -0.15) is 4.98 Å². The lowest BCUT2D eigenvalue weighted by Gasteiger charge is -2.46. The molecule has 0 bridgehead atoms. The van der Waals surface area contributed by atoms with Crippen molar-refractivity contribution in [2.24, 2.45) is 0 Å². The van der Waals surface area contributed by atoms with Crippen molar-refractivity contribution in [3.8, 4) is 0 Å². The number of benzene rings is 1. The molecule has 116 valence electrons. The lowest BCUT2D eigenvalue weighted by Crippen LogP contribution is -2.63. The van der Waals surface area contributed by atoms with Gasteiger partial charge >= 0.3 is 6.03 Å². The molecule has 1 saturated heterocycles.